The van der Waals surface area contributed by atoms with E-state index in [-0.39, 0.29) is 4.90 Å². The van der Waals surface area contributed by atoms with Crippen LogP contribution in [0.25, 0.3) is 0 Å². The molecule has 0 fully saturated rings. The standard InChI is InChI=1S/C20H27N3O2S2/c1-5-16-9-8-10-17(13-16)21-20(26)22-19-14-18(12-11-15(19)4)27(24,25)23(6-2)7-3/h8-14H,5-7H2,1-4H3,(H2,21,22,26). The number of nitrogens with zero attached hydrogens (tertiary/aromatic N) is 1. The second-order valence-corrected chi connectivity index (χ2v) is 8.55. The molecule has 0 atom stereocenters. The Balaban J connectivity index is 2.22. The van der Waals surface area contributed by atoms with Crippen LogP contribution in [0, 0.1) is 6.92 Å². The Morgan fingerprint density at radius 1 is 1.04 bits per heavy atom. The van der Waals surface area contributed by atoms with E-state index in [4.69, 9.17) is 12.2 Å². The van der Waals surface area contributed by atoms with E-state index in [1.807, 2.05) is 39.0 Å². The molecule has 7 heteroatoms. The summed E-state index contributed by atoms with van der Waals surface area (Å²) in [7, 11) is -3.51. The average molecular weight is 406 g/mol. The molecule has 0 aliphatic heterocycles. The monoisotopic (exact) mass is 405 g/mol. The van der Waals surface area contributed by atoms with Crippen LogP contribution in [0.15, 0.2) is 47.4 Å². The molecule has 27 heavy (non-hydrogen) atoms. The highest BCUT2D eigenvalue weighted by Crippen LogP contribution is 2.23. The van der Waals surface area contributed by atoms with E-state index >= 15 is 0 Å². The van der Waals surface area contributed by atoms with Crippen LogP contribution in [0.2, 0.25) is 0 Å². The van der Waals surface area contributed by atoms with E-state index in [0.29, 0.717) is 23.9 Å². The number of rotatable bonds is 7. The average Bonchev–Trinajstić information content (AvgIpc) is 2.64. The summed E-state index contributed by atoms with van der Waals surface area (Å²) in [6, 6.07) is 13.1. The molecule has 0 saturated carbocycles. The Morgan fingerprint density at radius 3 is 2.37 bits per heavy atom. The smallest absolute Gasteiger partial charge is 0.243 e. The third kappa shape index (κ3) is 5.28. The van der Waals surface area contributed by atoms with Crippen LogP contribution in [0.5, 0.6) is 0 Å². The van der Waals surface area contributed by atoms with Gasteiger partial charge in [0.05, 0.1) is 4.90 Å². The number of nitrogens with one attached hydrogen (secondary N) is 2. The lowest BCUT2D eigenvalue weighted by molar-refractivity contribution is 0.445. The van der Waals surface area contributed by atoms with Crippen molar-refractivity contribution in [3.8, 4) is 0 Å². The predicted octanol–water partition coefficient (Wildman–Crippen LogP) is 4.40. The number of sulfonamides is 1. The molecular weight excluding hydrogens is 378 g/mol. The van der Waals surface area contributed by atoms with E-state index in [9.17, 15) is 8.42 Å². The van der Waals surface area contributed by atoms with Crippen LogP contribution in [0.3, 0.4) is 0 Å². The number of hydrogen-bond donors (Lipinski definition) is 2. The van der Waals surface area contributed by atoms with Crippen molar-refractivity contribution in [2.75, 3.05) is 23.7 Å². The lowest BCUT2D eigenvalue weighted by Gasteiger charge is -2.20. The largest absolute Gasteiger partial charge is 0.332 e. The number of anilines is 2. The fraction of sp³-hybridized carbons (Fsp3) is 0.350. The lowest BCUT2D eigenvalue weighted by Crippen LogP contribution is -2.30. The molecule has 0 saturated heterocycles. The lowest BCUT2D eigenvalue weighted by atomic mass is 10.1. The summed E-state index contributed by atoms with van der Waals surface area (Å²) in [5, 5.41) is 6.70. The molecule has 0 amide bonds. The van der Waals surface area contributed by atoms with Gasteiger partial charge in [0.25, 0.3) is 0 Å². The Morgan fingerprint density at radius 2 is 1.74 bits per heavy atom. The van der Waals surface area contributed by atoms with Crippen LogP contribution in [-0.2, 0) is 16.4 Å². The molecule has 2 N–H and O–H groups in total. The first-order chi connectivity index (χ1) is 12.8. The number of thiocarbonyl (C=S) groups is 1. The molecular formula is C20H27N3O2S2. The third-order valence-corrected chi connectivity index (χ3v) is 6.64. The summed E-state index contributed by atoms with van der Waals surface area (Å²) in [6.07, 6.45) is 0.945. The zero-order valence-corrected chi connectivity index (χ0v) is 17.9. The highest BCUT2D eigenvalue weighted by atomic mass is 32.2. The summed E-state index contributed by atoms with van der Waals surface area (Å²) >= 11 is 5.41. The minimum absolute atomic E-state index is 0.259. The Kier molecular flexibility index (Phi) is 7.35. The van der Waals surface area contributed by atoms with Gasteiger partial charge in [0.15, 0.2) is 5.11 Å². The maximum Gasteiger partial charge on any atom is 0.243 e. The van der Waals surface area contributed by atoms with Gasteiger partial charge in [-0.25, -0.2) is 8.42 Å². The van der Waals surface area contributed by atoms with E-state index in [2.05, 4.69) is 23.6 Å². The Bertz CT molecular complexity index is 907. The van der Waals surface area contributed by atoms with E-state index in [1.54, 1.807) is 18.2 Å². The van der Waals surface area contributed by atoms with Crippen molar-refractivity contribution in [2.45, 2.75) is 39.0 Å². The van der Waals surface area contributed by atoms with Gasteiger partial charge in [-0.05, 0) is 61.0 Å². The molecule has 0 unspecified atom stereocenters. The van der Waals surface area contributed by atoms with Crippen LogP contribution < -0.4 is 10.6 Å². The second kappa shape index (κ2) is 9.30. The molecule has 0 spiro atoms. The Labute approximate surface area is 167 Å². The molecule has 146 valence electrons. The van der Waals surface area contributed by atoms with Crippen LogP contribution in [-0.4, -0.2) is 30.9 Å². The maximum atomic E-state index is 12.8. The van der Waals surface area contributed by atoms with Gasteiger partial charge in [0.2, 0.25) is 10.0 Å². The van der Waals surface area contributed by atoms with Gasteiger partial charge in [0, 0.05) is 24.5 Å². The van der Waals surface area contributed by atoms with Crippen molar-refractivity contribution in [1.82, 2.24) is 4.31 Å². The molecule has 0 radical (unpaired) electrons. The second-order valence-electron chi connectivity index (χ2n) is 6.20. The van der Waals surface area contributed by atoms with Gasteiger partial charge in [-0.15, -0.1) is 0 Å². The summed E-state index contributed by atoms with van der Waals surface area (Å²) < 4.78 is 26.9. The van der Waals surface area contributed by atoms with Crippen molar-refractivity contribution < 1.29 is 8.42 Å². The van der Waals surface area contributed by atoms with Gasteiger partial charge in [-0.2, -0.15) is 4.31 Å². The summed E-state index contributed by atoms with van der Waals surface area (Å²) in [5.74, 6) is 0. The van der Waals surface area contributed by atoms with Crippen LogP contribution >= 0.6 is 12.2 Å². The highest BCUT2D eigenvalue weighted by Gasteiger charge is 2.22. The van der Waals surface area contributed by atoms with Gasteiger partial charge in [-0.1, -0.05) is 39.0 Å². The third-order valence-electron chi connectivity index (χ3n) is 4.39. The predicted molar refractivity (Wildman–Crippen MR) is 117 cm³/mol. The number of hydrogen-bond acceptors (Lipinski definition) is 3. The van der Waals surface area contributed by atoms with Crippen LogP contribution in [0.4, 0.5) is 11.4 Å². The minimum atomic E-state index is -3.51. The van der Waals surface area contributed by atoms with Crippen molar-refractivity contribution >= 4 is 38.7 Å². The number of benzene rings is 2. The molecule has 0 aromatic heterocycles. The first-order valence-electron chi connectivity index (χ1n) is 9.09. The van der Waals surface area contributed by atoms with Gasteiger partial charge in [-0.3, -0.25) is 0 Å². The van der Waals surface area contributed by atoms with Crippen molar-refractivity contribution in [3.63, 3.8) is 0 Å². The fourth-order valence-electron chi connectivity index (χ4n) is 2.76. The molecule has 5 nitrogen and oxygen atoms in total. The SMILES string of the molecule is CCc1cccc(NC(=S)Nc2cc(S(=O)(=O)N(CC)CC)ccc2C)c1. The van der Waals surface area contributed by atoms with Crippen molar-refractivity contribution in [1.29, 1.82) is 0 Å². The van der Waals surface area contributed by atoms with E-state index < -0.39 is 10.0 Å². The highest BCUT2D eigenvalue weighted by molar-refractivity contribution is 7.89. The normalized spacial score (nSPS) is 11.4. The topological polar surface area (TPSA) is 61.4 Å². The van der Waals surface area contributed by atoms with E-state index in [0.717, 1.165) is 17.7 Å². The van der Waals surface area contributed by atoms with Gasteiger partial charge >= 0.3 is 0 Å². The zero-order valence-electron chi connectivity index (χ0n) is 16.2. The fourth-order valence-corrected chi connectivity index (χ4v) is 4.48. The summed E-state index contributed by atoms with van der Waals surface area (Å²) in [4.78, 5) is 0.259. The molecule has 0 heterocycles. The van der Waals surface area contributed by atoms with Crippen LogP contribution in [0.1, 0.15) is 31.9 Å². The maximum absolute atomic E-state index is 12.8. The zero-order chi connectivity index (χ0) is 20.0. The summed E-state index contributed by atoms with van der Waals surface area (Å²) in [6.45, 7) is 8.54. The van der Waals surface area contributed by atoms with Gasteiger partial charge < -0.3 is 10.6 Å². The van der Waals surface area contributed by atoms with E-state index in [1.165, 1.54) is 9.87 Å². The molecule has 0 bridgehead atoms. The first kappa shape index (κ1) is 21.3. The van der Waals surface area contributed by atoms with Gasteiger partial charge in [0.1, 0.15) is 0 Å². The quantitative estimate of drug-likeness (QED) is 0.669. The van der Waals surface area contributed by atoms with Crippen molar-refractivity contribution in [3.05, 3.63) is 53.6 Å². The molecule has 0 aliphatic carbocycles. The summed E-state index contributed by atoms with van der Waals surface area (Å²) in [5.41, 5.74) is 3.70. The minimum Gasteiger partial charge on any atom is -0.332 e. The number of aryl methyl sites for hydroxylation is 2. The Hall–Kier alpha value is -1.96. The molecule has 0 aliphatic rings. The first-order valence-corrected chi connectivity index (χ1v) is 10.9. The molecule has 2 rings (SSSR count). The van der Waals surface area contributed by atoms with Crippen molar-refractivity contribution in [2.24, 2.45) is 0 Å². The molecule has 2 aromatic carbocycles. The molecule has 2 aromatic rings.